The largest absolute Gasteiger partial charge is 0.573 e. The Balaban J connectivity index is 1.65. The van der Waals surface area contributed by atoms with E-state index in [2.05, 4.69) is 15.0 Å². The van der Waals surface area contributed by atoms with Crippen LogP contribution in [0.15, 0.2) is 60.8 Å². The zero-order chi connectivity index (χ0) is 24.5. The molecule has 3 aromatic rings. The fourth-order valence-electron chi connectivity index (χ4n) is 3.35. The van der Waals surface area contributed by atoms with Crippen molar-refractivity contribution in [3.63, 3.8) is 0 Å². The molecule has 4 rings (SSSR count). The Bertz CT molecular complexity index is 1240. The molecule has 0 saturated carbocycles. The Morgan fingerprint density at radius 2 is 1.88 bits per heavy atom. The molecule has 1 aliphatic rings. The van der Waals surface area contributed by atoms with Crippen LogP contribution in [0.5, 0.6) is 11.5 Å². The molecule has 2 amide bonds. The van der Waals surface area contributed by atoms with Gasteiger partial charge in [0, 0.05) is 11.9 Å². The highest BCUT2D eigenvalue weighted by atomic mass is 35.5. The van der Waals surface area contributed by atoms with Crippen LogP contribution in [0.3, 0.4) is 0 Å². The predicted octanol–water partition coefficient (Wildman–Crippen LogP) is 4.27. The Morgan fingerprint density at radius 1 is 1.15 bits per heavy atom. The zero-order valence-electron chi connectivity index (χ0n) is 17.2. The lowest BCUT2D eigenvalue weighted by molar-refractivity contribution is -0.274. The van der Waals surface area contributed by atoms with E-state index in [-0.39, 0.29) is 23.5 Å². The summed E-state index contributed by atoms with van der Waals surface area (Å²) < 4.78 is 46.6. The van der Waals surface area contributed by atoms with E-state index in [9.17, 15) is 22.8 Å². The average molecular weight is 493 g/mol. The number of aromatic nitrogens is 1. The number of rotatable bonds is 5. The first kappa shape index (κ1) is 23.2. The molecule has 8 nitrogen and oxygen atoms in total. The van der Waals surface area contributed by atoms with Crippen LogP contribution in [-0.4, -0.2) is 35.8 Å². The number of nitrogens with two attached hydrogens (primary N) is 1. The minimum absolute atomic E-state index is 0.0187. The van der Waals surface area contributed by atoms with Gasteiger partial charge >= 0.3 is 6.36 Å². The summed E-state index contributed by atoms with van der Waals surface area (Å²) in [5.74, 6) is -1.39. The number of carbonyl (C=O) groups excluding carboxylic acids is 2. The lowest BCUT2D eigenvalue weighted by atomic mass is 10.1. The highest BCUT2D eigenvalue weighted by Gasteiger charge is 2.34. The van der Waals surface area contributed by atoms with Gasteiger partial charge in [0.25, 0.3) is 11.8 Å². The number of hydrogen-bond acceptors (Lipinski definition) is 6. The van der Waals surface area contributed by atoms with E-state index in [1.807, 2.05) is 0 Å². The molecular formula is C22H16ClF3N4O4. The molecule has 0 spiro atoms. The van der Waals surface area contributed by atoms with E-state index in [4.69, 9.17) is 22.1 Å². The number of benzene rings is 2. The number of primary amides is 1. The summed E-state index contributed by atoms with van der Waals surface area (Å²) in [4.78, 5) is 30.8. The molecule has 34 heavy (non-hydrogen) atoms. The number of nitrogens with zero attached hydrogens (tertiary/aromatic N) is 2. The molecule has 3 N–H and O–H groups in total. The fourth-order valence-corrected chi connectivity index (χ4v) is 3.57. The summed E-state index contributed by atoms with van der Waals surface area (Å²) >= 11 is 6.29. The van der Waals surface area contributed by atoms with Gasteiger partial charge in [-0.2, -0.15) is 0 Å². The second-order valence-electron chi connectivity index (χ2n) is 7.11. The average Bonchev–Trinajstić information content (AvgIpc) is 2.78. The van der Waals surface area contributed by atoms with Gasteiger partial charge in [0.15, 0.2) is 17.7 Å². The van der Waals surface area contributed by atoms with Gasteiger partial charge in [-0.15, -0.1) is 13.2 Å². The number of alkyl halides is 3. The number of fused-ring (bicyclic) bond motifs is 1. The van der Waals surface area contributed by atoms with Gasteiger partial charge in [-0.1, -0.05) is 17.7 Å². The Morgan fingerprint density at radius 3 is 2.53 bits per heavy atom. The van der Waals surface area contributed by atoms with Crippen molar-refractivity contribution in [2.45, 2.75) is 12.5 Å². The SMILES string of the molecule is NC(=O)C1CN(c2ncccc2Cl)c2cccc(C(=O)Nc3ccc(OC(F)(F)F)cc3)c2O1. The van der Waals surface area contributed by atoms with Crippen LogP contribution < -0.4 is 25.4 Å². The zero-order valence-corrected chi connectivity index (χ0v) is 17.9. The van der Waals surface area contributed by atoms with E-state index >= 15 is 0 Å². The number of amides is 2. The van der Waals surface area contributed by atoms with Crippen molar-refractivity contribution < 1.29 is 32.2 Å². The first-order valence-electron chi connectivity index (χ1n) is 9.76. The number of ether oxygens (including phenoxy) is 2. The van der Waals surface area contributed by atoms with Gasteiger partial charge in [0.05, 0.1) is 22.8 Å². The van der Waals surface area contributed by atoms with E-state index in [1.165, 1.54) is 24.4 Å². The van der Waals surface area contributed by atoms with Crippen LogP contribution in [0.2, 0.25) is 5.02 Å². The van der Waals surface area contributed by atoms with Crippen LogP contribution in [0.4, 0.5) is 30.4 Å². The standard InChI is InChI=1S/C22H16ClF3N4O4/c23-15-4-2-10-28-20(15)30-11-17(19(27)31)33-18-14(3-1-5-16(18)30)21(32)29-12-6-8-13(9-7-12)34-22(24,25)26/h1-10,17H,11H2,(H2,27,31)(H,29,32). The van der Waals surface area contributed by atoms with E-state index in [0.29, 0.717) is 16.5 Å². The van der Waals surface area contributed by atoms with Crippen molar-refractivity contribution in [1.82, 2.24) is 4.98 Å². The number of pyridine rings is 1. The molecule has 0 fully saturated rings. The smallest absolute Gasteiger partial charge is 0.476 e. The summed E-state index contributed by atoms with van der Waals surface area (Å²) in [6.45, 7) is 0.0187. The first-order chi connectivity index (χ1) is 16.1. The second kappa shape index (κ2) is 9.10. The lowest BCUT2D eigenvalue weighted by Gasteiger charge is -2.35. The molecule has 1 aromatic heterocycles. The molecule has 0 aliphatic carbocycles. The lowest BCUT2D eigenvalue weighted by Crippen LogP contribution is -2.46. The van der Waals surface area contributed by atoms with Crippen LogP contribution in [-0.2, 0) is 4.79 Å². The normalized spacial score (nSPS) is 15.2. The Kier molecular flexibility index (Phi) is 6.20. The van der Waals surface area contributed by atoms with Crippen molar-refractivity contribution in [3.8, 4) is 11.5 Å². The minimum atomic E-state index is -4.83. The monoisotopic (exact) mass is 492 g/mol. The maximum atomic E-state index is 13.0. The third-order valence-electron chi connectivity index (χ3n) is 4.80. The summed E-state index contributed by atoms with van der Waals surface area (Å²) in [6, 6.07) is 12.6. The summed E-state index contributed by atoms with van der Waals surface area (Å²) in [6.07, 6.45) is -4.40. The van der Waals surface area contributed by atoms with E-state index in [1.54, 1.807) is 29.2 Å². The van der Waals surface area contributed by atoms with Crippen LogP contribution in [0, 0.1) is 0 Å². The third-order valence-corrected chi connectivity index (χ3v) is 5.09. The first-order valence-corrected chi connectivity index (χ1v) is 10.1. The molecule has 176 valence electrons. The topological polar surface area (TPSA) is 107 Å². The number of anilines is 3. The number of hydrogen-bond donors (Lipinski definition) is 2. The second-order valence-corrected chi connectivity index (χ2v) is 7.52. The van der Waals surface area contributed by atoms with Crippen molar-refractivity contribution in [2.24, 2.45) is 5.73 Å². The minimum Gasteiger partial charge on any atom is -0.476 e. The molecule has 0 saturated heterocycles. The third kappa shape index (κ3) is 4.99. The van der Waals surface area contributed by atoms with Crippen molar-refractivity contribution in [3.05, 3.63) is 71.4 Å². The highest BCUT2D eigenvalue weighted by Crippen LogP contribution is 2.42. The molecule has 1 aliphatic heterocycles. The van der Waals surface area contributed by atoms with Gasteiger partial charge < -0.3 is 25.4 Å². The predicted molar refractivity (Wildman–Crippen MR) is 117 cm³/mol. The maximum absolute atomic E-state index is 13.0. The molecule has 2 heterocycles. The van der Waals surface area contributed by atoms with Crippen molar-refractivity contribution in [2.75, 3.05) is 16.8 Å². The molecule has 1 atom stereocenters. The van der Waals surface area contributed by atoms with Crippen molar-refractivity contribution in [1.29, 1.82) is 0 Å². The Labute approximate surface area is 196 Å². The summed E-state index contributed by atoms with van der Waals surface area (Å²) in [7, 11) is 0. The van der Waals surface area contributed by atoms with E-state index in [0.717, 1.165) is 12.1 Å². The van der Waals surface area contributed by atoms with Crippen LogP contribution in [0.25, 0.3) is 0 Å². The highest BCUT2D eigenvalue weighted by molar-refractivity contribution is 6.33. The van der Waals surface area contributed by atoms with Gasteiger partial charge in [0.2, 0.25) is 0 Å². The molecule has 0 radical (unpaired) electrons. The van der Waals surface area contributed by atoms with Gasteiger partial charge in [-0.05, 0) is 48.5 Å². The fraction of sp³-hybridized carbons (Fsp3) is 0.136. The van der Waals surface area contributed by atoms with Gasteiger partial charge in [-0.25, -0.2) is 4.98 Å². The number of carbonyl (C=O) groups is 2. The molecule has 12 heteroatoms. The summed E-state index contributed by atoms with van der Waals surface area (Å²) in [5.41, 5.74) is 6.18. The molecule has 2 aromatic carbocycles. The van der Waals surface area contributed by atoms with Crippen LogP contribution >= 0.6 is 11.6 Å². The van der Waals surface area contributed by atoms with Crippen LogP contribution in [0.1, 0.15) is 10.4 Å². The molecule has 1 unspecified atom stereocenters. The molecule has 0 bridgehead atoms. The number of nitrogens with one attached hydrogen (secondary N) is 1. The van der Waals surface area contributed by atoms with Gasteiger partial charge in [0.1, 0.15) is 5.75 Å². The van der Waals surface area contributed by atoms with Gasteiger partial charge in [-0.3, -0.25) is 9.59 Å². The van der Waals surface area contributed by atoms with E-state index < -0.39 is 30.0 Å². The Hall–Kier alpha value is -3.99. The quantitative estimate of drug-likeness (QED) is 0.551. The van der Waals surface area contributed by atoms with Crippen molar-refractivity contribution >= 4 is 40.6 Å². The number of para-hydroxylation sites is 1. The molecular weight excluding hydrogens is 477 g/mol. The summed E-state index contributed by atoms with van der Waals surface area (Å²) in [5, 5.41) is 2.89. The maximum Gasteiger partial charge on any atom is 0.573 e. The number of halogens is 4.